The minimum absolute atomic E-state index is 0.0684. The van der Waals surface area contributed by atoms with Gasteiger partial charge < -0.3 is 14.2 Å². The van der Waals surface area contributed by atoms with E-state index in [-0.39, 0.29) is 31.1 Å². The van der Waals surface area contributed by atoms with Gasteiger partial charge in [-0.25, -0.2) is 0 Å². The molecule has 1 atom stereocenters. The summed E-state index contributed by atoms with van der Waals surface area (Å²) in [4.78, 5) is 38.2. The Balaban J connectivity index is 4.29. The van der Waals surface area contributed by atoms with Crippen LogP contribution in [-0.2, 0) is 28.6 Å². The fourth-order valence-electron chi connectivity index (χ4n) is 8.93. The lowest BCUT2D eigenvalue weighted by Crippen LogP contribution is -2.30. The molecule has 0 fully saturated rings. The maximum absolute atomic E-state index is 12.9. The maximum Gasteiger partial charge on any atom is 0.306 e. The number of ether oxygens (including phenoxy) is 3. The summed E-state index contributed by atoms with van der Waals surface area (Å²) < 4.78 is 16.9. The Bertz CT molecular complexity index is 1140. The Kier molecular flexibility index (Phi) is 55.2. The third-order valence-electron chi connectivity index (χ3n) is 13.4. The van der Waals surface area contributed by atoms with Gasteiger partial charge >= 0.3 is 17.9 Å². The highest BCUT2D eigenvalue weighted by Gasteiger charge is 2.19. The Morgan fingerprint density at radius 3 is 0.897 bits per heavy atom. The SMILES string of the molecule is CC/C=C\C/C=C\C/C=C\CCCCCCCCCCCC(=O)OCC(COC(=O)CCCCCCCCCCCCCC)OC(=O)CCCCCCCCCCCCCCCCCCCCC. The van der Waals surface area contributed by atoms with Crippen molar-refractivity contribution in [1.82, 2.24) is 0 Å². The molecule has 1 unspecified atom stereocenters. The molecule has 0 spiro atoms. The highest BCUT2D eigenvalue weighted by Crippen LogP contribution is 2.17. The van der Waals surface area contributed by atoms with Crippen LogP contribution in [0.15, 0.2) is 36.5 Å². The number of carbonyl (C=O) groups is 3. The van der Waals surface area contributed by atoms with Gasteiger partial charge in [0.25, 0.3) is 0 Å². The minimum Gasteiger partial charge on any atom is -0.462 e. The second-order valence-corrected chi connectivity index (χ2v) is 20.2. The molecule has 6 heteroatoms. The fraction of sp³-hybridized carbons (Fsp3) is 0.855. The summed E-state index contributed by atoms with van der Waals surface area (Å²) in [5.74, 6) is -0.853. The normalized spacial score (nSPS) is 12.2. The van der Waals surface area contributed by atoms with Crippen molar-refractivity contribution in [2.24, 2.45) is 0 Å². The average Bonchev–Trinajstić information content (AvgIpc) is 3.34. The van der Waals surface area contributed by atoms with E-state index in [4.69, 9.17) is 14.2 Å². The van der Waals surface area contributed by atoms with Gasteiger partial charge in [0.2, 0.25) is 0 Å². The van der Waals surface area contributed by atoms with Gasteiger partial charge in [-0.1, -0.05) is 288 Å². The van der Waals surface area contributed by atoms with Crippen LogP contribution in [-0.4, -0.2) is 37.2 Å². The minimum atomic E-state index is -0.770. The van der Waals surface area contributed by atoms with E-state index in [0.717, 1.165) is 77.0 Å². The van der Waals surface area contributed by atoms with Crippen molar-refractivity contribution in [1.29, 1.82) is 0 Å². The second-order valence-electron chi connectivity index (χ2n) is 20.2. The molecule has 0 saturated heterocycles. The van der Waals surface area contributed by atoms with Crippen LogP contribution >= 0.6 is 0 Å². The van der Waals surface area contributed by atoms with Crippen LogP contribution in [0.25, 0.3) is 0 Å². The molecule has 0 amide bonds. The third-order valence-corrected chi connectivity index (χ3v) is 13.4. The van der Waals surface area contributed by atoms with Gasteiger partial charge in [0.05, 0.1) is 0 Å². The van der Waals surface area contributed by atoms with E-state index >= 15 is 0 Å². The van der Waals surface area contributed by atoms with Gasteiger partial charge in [0.1, 0.15) is 13.2 Å². The van der Waals surface area contributed by atoms with Gasteiger partial charge in [0, 0.05) is 19.3 Å². The summed E-state index contributed by atoms with van der Waals surface area (Å²) in [5, 5.41) is 0. The van der Waals surface area contributed by atoms with Crippen LogP contribution in [0.1, 0.15) is 323 Å². The molecule has 0 aromatic rings. The Morgan fingerprint density at radius 2 is 0.574 bits per heavy atom. The van der Waals surface area contributed by atoms with E-state index in [9.17, 15) is 14.4 Å². The predicted molar refractivity (Wildman–Crippen MR) is 293 cm³/mol. The summed E-state index contributed by atoms with van der Waals surface area (Å²) >= 11 is 0. The zero-order valence-electron chi connectivity index (χ0n) is 45.6. The van der Waals surface area contributed by atoms with Crippen molar-refractivity contribution >= 4 is 17.9 Å². The van der Waals surface area contributed by atoms with Crippen LogP contribution in [0.4, 0.5) is 0 Å². The third kappa shape index (κ3) is 54.6. The van der Waals surface area contributed by atoms with Crippen LogP contribution in [0.3, 0.4) is 0 Å². The van der Waals surface area contributed by atoms with Gasteiger partial charge in [-0.2, -0.15) is 0 Å². The first-order valence-electron chi connectivity index (χ1n) is 30.0. The van der Waals surface area contributed by atoms with Gasteiger partial charge in [-0.15, -0.1) is 0 Å². The molecule has 0 aliphatic heterocycles. The number of esters is 3. The first-order chi connectivity index (χ1) is 33.5. The maximum atomic E-state index is 12.9. The number of allylic oxidation sites excluding steroid dienone is 6. The molecule has 398 valence electrons. The van der Waals surface area contributed by atoms with Crippen molar-refractivity contribution < 1.29 is 28.6 Å². The summed E-state index contributed by atoms with van der Waals surface area (Å²) in [5.41, 5.74) is 0. The average molecular weight is 956 g/mol. The van der Waals surface area contributed by atoms with Crippen molar-refractivity contribution in [3.8, 4) is 0 Å². The molecule has 0 rings (SSSR count). The Hall–Kier alpha value is -2.37. The van der Waals surface area contributed by atoms with Gasteiger partial charge in [0.15, 0.2) is 6.10 Å². The van der Waals surface area contributed by atoms with Crippen molar-refractivity contribution in [2.45, 2.75) is 329 Å². The molecule has 0 heterocycles. The zero-order valence-corrected chi connectivity index (χ0v) is 45.6. The molecule has 0 radical (unpaired) electrons. The highest BCUT2D eigenvalue weighted by molar-refractivity contribution is 5.71. The molecule has 6 nitrogen and oxygen atoms in total. The summed E-state index contributed by atoms with van der Waals surface area (Å²) in [6.07, 6.45) is 68.5. The molecule has 0 saturated carbocycles. The van der Waals surface area contributed by atoms with Crippen molar-refractivity contribution in [3.05, 3.63) is 36.5 Å². The van der Waals surface area contributed by atoms with Crippen molar-refractivity contribution in [2.75, 3.05) is 13.2 Å². The van der Waals surface area contributed by atoms with E-state index in [1.165, 1.54) is 205 Å². The van der Waals surface area contributed by atoms with Crippen LogP contribution in [0.2, 0.25) is 0 Å². The fourth-order valence-corrected chi connectivity index (χ4v) is 8.93. The van der Waals surface area contributed by atoms with Crippen LogP contribution in [0.5, 0.6) is 0 Å². The largest absolute Gasteiger partial charge is 0.462 e. The Morgan fingerprint density at radius 1 is 0.309 bits per heavy atom. The van der Waals surface area contributed by atoms with E-state index in [1.54, 1.807) is 0 Å². The number of hydrogen-bond donors (Lipinski definition) is 0. The van der Waals surface area contributed by atoms with E-state index in [1.807, 2.05) is 0 Å². The lowest BCUT2D eigenvalue weighted by atomic mass is 10.0. The highest BCUT2D eigenvalue weighted by atomic mass is 16.6. The van der Waals surface area contributed by atoms with E-state index < -0.39 is 6.10 Å². The smallest absolute Gasteiger partial charge is 0.306 e. The Labute approximate surface area is 423 Å². The van der Waals surface area contributed by atoms with Crippen LogP contribution in [0, 0.1) is 0 Å². The number of rotatable bonds is 55. The standard InChI is InChI=1S/C62H114O6/c1-4-7-10-13-16-19-22-25-27-29-31-33-35-37-40-43-46-49-52-55-61(64)67-58-59(57-66-60(63)54-51-48-45-42-39-24-21-18-15-12-9-6-3)68-62(65)56-53-50-47-44-41-38-36-34-32-30-28-26-23-20-17-14-11-8-5-2/h7,10,16,19,25,27,59H,4-6,8-9,11-15,17-18,20-24,26,28-58H2,1-3H3/b10-7-,19-16-,27-25-. The molecule has 0 bridgehead atoms. The second kappa shape index (κ2) is 57.2. The first-order valence-corrected chi connectivity index (χ1v) is 30.0. The van der Waals surface area contributed by atoms with Crippen molar-refractivity contribution in [3.63, 3.8) is 0 Å². The predicted octanol–water partition coefficient (Wildman–Crippen LogP) is 20.0. The summed E-state index contributed by atoms with van der Waals surface area (Å²) in [7, 11) is 0. The zero-order chi connectivity index (χ0) is 49.3. The number of hydrogen-bond acceptors (Lipinski definition) is 6. The topological polar surface area (TPSA) is 78.9 Å². The molecule has 0 aromatic carbocycles. The summed E-state index contributed by atoms with van der Waals surface area (Å²) in [6, 6.07) is 0. The molecular weight excluding hydrogens is 841 g/mol. The first kappa shape index (κ1) is 65.6. The van der Waals surface area contributed by atoms with Crippen LogP contribution < -0.4 is 0 Å². The molecule has 0 aliphatic carbocycles. The van der Waals surface area contributed by atoms with E-state index in [0.29, 0.717) is 19.3 Å². The monoisotopic (exact) mass is 955 g/mol. The quantitative estimate of drug-likeness (QED) is 0.0262. The number of carbonyl (C=O) groups excluding carboxylic acids is 3. The summed E-state index contributed by atoms with van der Waals surface area (Å²) in [6.45, 7) is 6.58. The number of unbranched alkanes of at least 4 members (excludes halogenated alkanes) is 38. The van der Waals surface area contributed by atoms with Gasteiger partial charge in [-0.05, 0) is 51.4 Å². The molecule has 0 N–H and O–H groups in total. The van der Waals surface area contributed by atoms with E-state index in [2.05, 4.69) is 57.2 Å². The molecule has 68 heavy (non-hydrogen) atoms. The molecular formula is C62H114O6. The van der Waals surface area contributed by atoms with Gasteiger partial charge in [-0.3, -0.25) is 14.4 Å². The lowest BCUT2D eigenvalue weighted by molar-refractivity contribution is -0.167. The lowest BCUT2D eigenvalue weighted by Gasteiger charge is -2.18. The molecule has 0 aromatic heterocycles. The molecule has 0 aliphatic rings.